The van der Waals surface area contributed by atoms with Crippen LogP contribution in [0.5, 0.6) is 0 Å². The van der Waals surface area contributed by atoms with Crippen molar-refractivity contribution in [2.45, 2.75) is 37.6 Å². The minimum absolute atomic E-state index is 0.614. The number of aliphatic hydroxyl groups is 3. The topological polar surface area (TPSA) is 105 Å². The van der Waals surface area contributed by atoms with E-state index in [0.717, 1.165) is 0 Å². The lowest BCUT2D eigenvalue weighted by molar-refractivity contribution is -0.287. The molecule has 0 aromatic heterocycles. The maximum atomic E-state index is 9.32. The standard InChI is InChI=1S/C6H13NO5/c1-2-3(8)5(12-7)4(9)6(10)11-2/h2-6,8-10H,7H2,1H3. The van der Waals surface area contributed by atoms with Gasteiger partial charge >= 0.3 is 0 Å². The van der Waals surface area contributed by atoms with Gasteiger partial charge in [0.2, 0.25) is 0 Å². The number of rotatable bonds is 1. The van der Waals surface area contributed by atoms with Gasteiger partial charge in [-0.3, -0.25) is 4.84 Å². The summed E-state index contributed by atoms with van der Waals surface area (Å²) in [6, 6.07) is 0. The second kappa shape index (κ2) is 3.65. The van der Waals surface area contributed by atoms with Gasteiger partial charge in [0.05, 0.1) is 6.10 Å². The Balaban J connectivity index is 2.67. The van der Waals surface area contributed by atoms with E-state index >= 15 is 0 Å². The maximum Gasteiger partial charge on any atom is 0.184 e. The first-order valence-corrected chi connectivity index (χ1v) is 3.63. The molecule has 5 N–H and O–H groups in total. The molecule has 6 heteroatoms. The van der Waals surface area contributed by atoms with Crippen molar-refractivity contribution in [3.63, 3.8) is 0 Å². The number of hydrogen-bond acceptors (Lipinski definition) is 6. The van der Waals surface area contributed by atoms with E-state index in [1.54, 1.807) is 6.92 Å². The van der Waals surface area contributed by atoms with Crippen molar-refractivity contribution in [2.24, 2.45) is 5.90 Å². The van der Waals surface area contributed by atoms with E-state index in [9.17, 15) is 10.2 Å². The van der Waals surface area contributed by atoms with Crippen molar-refractivity contribution >= 4 is 0 Å². The number of aliphatic hydroxyl groups excluding tert-OH is 3. The lowest BCUT2D eigenvalue weighted by Gasteiger charge is -2.37. The minimum atomic E-state index is -1.36. The Kier molecular flexibility index (Phi) is 2.99. The predicted octanol–water partition coefficient (Wildman–Crippen LogP) is -2.30. The highest BCUT2D eigenvalue weighted by atomic mass is 16.7. The van der Waals surface area contributed by atoms with Crippen LogP contribution in [0, 0.1) is 0 Å². The lowest BCUT2D eigenvalue weighted by Crippen LogP contribution is -2.58. The van der Waals surface area contributed by atoms with E-state index in [1.807, 2.05) is 0 Å². The number of nitrogens with two attached hydrogens (primary N) is 1. The Bertz CT molecular complexity index is 141. The molecule has 1 saturated heterocycles. The molecule has 1 heterocycles. The molecule has 0 bridgehead atoms. The fourth-order valence-corrected chi connectivity index (χ4v) is 1.17. The van der Waals surface area contributed by atoms with Crippen LogP contribution in [0.15, 0.2) is 0 Å². The van der Waals surface area contributed by atoms with Crippen molar-refractivity contribution < 1.29 is 24.9 Å². The van der Waals surface area contributed by atoms with Crippen molar-refractivity contribution in [1.29, 1.82) is 0 Å². The molecule has 12 heavy (non-hydrogen) atoms. The molecule has 5 unspecified atom stereocenters. The molecule has 1 fully saturated rings. The monoisotopic (exact) mass is 179 g/mol. The first-order valence-electron chi connectivity index (χ1n) is 3.63. The van der Waals surface area contributed by atoms with E-state index in [4.69, 9.17) is 15.7 Å². The summed E-state index contributed by atoms with van der Waals surface area (Å²) in [5, 5.41) is 27.6. The highest BCUT2D eigenvalue weighted by Crippen LogP contribution is 2.20. The van der Waals surface area contributed by atoms with E-state index in [0.29, 0.717) is 0 Å². The maximum absolute atomic E-state index is 9.32. The van der Waals surface area contributed by atoms with Crippen LogP contribution in [0.1, 0.15) is 6.92 Å². The van der Waals surface area contributed by atoms with Crippen molar-refractivity contribution in [1.82, 2.24) is 0 Å². The minimum Gasteiger partial charge on any atom is -0.388 e. The zero-order valence-electron chi connectivity index (χ0n) is 6.62. The zero-order valence-corrected chi connectivity index (χ0v) is 6.62. The molecule has 1 rings (SSSR count). The van der Waals surface area contributed by atoms with Crippen LogP contribution in [0.3, 0.4) is 0 Å². The smallest absolute Gasteiger partial charge is 0.184 e. The summed E-state index contributed by atoms with van der Waals surface area (Å²) in [6.07, 6.45) is -5.34. The molecule has 5 atom stereocenters. The van der Waals surface area contributed by atoms with Gasteiger partial charge in [-0.2, -0.15) is 0 Å². The highest BCUT2D eigenvalue weighted by molar-refractivity contribution is 4.87. The molecule has 0 amide bonds. The van der Waals surface area contributed by atoms with Crippen molar-refractivity contribution in [2.75, 3.05) is 0 Å². The van der Waals surface area contributed by atoms with Crippen LogP contribution >= 0.6 is 0 Å². The average Bonchev–Trinajstić information content (AvgIpc) is 2.02. The fourth-order valence-electron chi connectivity index (χ4n) is 1.17. The molecule has 1 aliphatic rings. The van der Waals surface area contributed by atoms with Gasteiger partial charge in [-0.15, -0.1) is 0 Å². The molecular weight excluding hydrogens is 166 g/mol. The van der Waals surface area contributed by atoms with E-state index < -0.39 is 30.7 Å². The zero-order chi connectivity index (χ0) is 9.30. The number of hydrogen-bond donors (Lipinski definition) is 4. The van der Waals surface area contributed by atoms with Gasteiger partial charge < -0.3 is 20.1 Å². The second-order valence-electron chi connectivity index (χ2n) is 2.81. The molecular formula is C6H13NO5. The van der Waals surface area contributed by atoms with Crippen LogP contribution in [-0.2, 0) is 9.57 Å². The van der Waals surface area contributed by atoms with Gasteiger partial charge in [-0.25, -0.2) is 5.90 Å². The Hall–Kier alpha value is -0.240. The van der Waals surface area contributed by atoms with E-state index in [1.165, 1.54) is 0 Å². The molecule has 0 aliphatic carbocycles. The molecule has 0 aromatic carbocycles. The third-order valence-corrected chi connectivity index (χ3v) is 1.96. The summed E-state index contributed by atoms with van der Waals surface area (Å²) in [5.41, 5.74) is 0. The molecule has 0 radical (unpaired) electrons. The molecule has 6 nitrogen and oxygen atoms in total. The van der Waals surface area contributed by atoms with Crippen LogP contribution in [0.4, 0.5) is 0 Å². The van der Waals surface area contributed by atoms with Gasteiger partial charge in [0.15, 0.2) is 6.29 Å². The summed E-state index contributed by atoms with van der Waals surface area (Å²) in [7, 11) is 0. The lowest BCUT2D eigenvalue weighted by atomic mass is 10.0. The van der Waals surface area contributed by atoms with Crippen LogP contribution < -0.4 is 5.90 Å². The fraction of sp³-hybridized carbons (Fsp3) is 1.00. The van der Waals surface area contributed by atoms with Crippen LogP contribution in [0.2, 0.25) is 0 Å². The molecule has 72 valence electrons. The van der Waals surface area contributed by atoms with Crippen molar-refractivity contribution in [3.8, 4) is 0 Å². The average molecular weight is 179 g/mol. The largest absolute Gasteiger partial charge is 0.388 e. The van der Waals surface area contributed by atoms with Crippen LogP contribution in [-0.4, -0.2) is 46.0 Å². The van der Waals surface area contributed by atoms with E-state index in [-0.39, 0.29) is 0 Å². The second-order valence-corrected chi connectivity index (χ2v) is 2.81. The SMILES string of the molecule is CC1OC(O)C(O)C(ON)C1O. The Labute approximate surface area is 69.5 Å². The molecule has 0 aromatic rings. The summed E-state index contributed by atoms with van der Waals surface area (Å²) >= 11 is 0. The summed E-state index contributed by atoms with van der Waals surface area (Å²) in [5.74, 6) is 4.82. The normalized spacial score (nSPS) is 49.2. The molecule has 0 saturated carbocycles. The van der Waals surface area contributed by atoms with Gasteiger partial charge in [0.1, 0.15) is 18.3 Å². The Morgan fingerprint density at radius 2 is 1.83 bits per heavy atom. The first kappa shape index (κ1) is 9.85. The Morgan fingerprint density at radius 3 is 2.33 bits per heavy atom. The summed E-state index contributed by atoms with van der Waals surface area (Å²) in [6.45, 7) is 1.55. The van der Waals surface area contributed by atoms with Crippen molar-refractivity contribution in [3.05, 3.63) is 0 Å². The summed E-state index contributed by atoms with van der Waals surface area (Å²) in [4.78, 5) is 4.32. The number of ether oxygens (including phenoxy) is 1. The van der Waals surface area contributed by atoms with Gasteiger partial charge in [-0.1, -0.05) is 0 Å². The van der Waals surface area contributed by atoms with Gasteiger partial charge in [-0.05, 0) is 6.92 Å². The third-order valence-electron chi connectivity index (χ3n) is 1.96. The molecule has 1 aliphatic heterocycles. The van der Waals surface area contributed by atoms with E-state index in [2.05, 4.69) is 4.84 Å². The quantitative estimate of drug-likeness (QED) is 0.337. The van der Waals surface area contributed by atoms with Crippen LogP contribution in [0.25, 0.3) is 0 Å². The predicted molar refractivity (Wildman–Crippen MR) is 37.6 cm³/mol. The Morgan fingerprint density at radius 1 is 1.25 bits per heavy atom. The van der Waals surface area contributed by atoms with Gasteiger partial charge in [0, 0.05) is 0 Å². The third kappa shape index (κ3) is 1.58. The van der Waals surface area contributed by atoms with Gasteiger partial charge in [0.25, 0.3) is 0 Å². The molecule has 0 spiro atoms. The first-order chi connectivity index (χ1) is 5.57. The summed E-state index contributed by atoms with van der Waals surface area (Å²) < 4.78 is 4.76. The highest BCUT2D eigenvalue weighted by Gasteiger charge is 2.42.